The quantitative estimate of drug-likeness (QED) is 0.553. The second-order valence-electron chi connectivity index (χ2n) is 8.78. The normalized spacial score (nSPS) is 15.6. The molecule has 0 aromatic heterocycles. The van der Waals surface area contributed by atoms with E-state index in [0.717, 1.165) is 54.1 Å². The van der Waals surface area contributed by atoms with Crippen molar-refractivity contribution in [1.29, 1.82) is 0 Å². The van der Waals surface area contributed by atoms with Crippen LogP contribution in [0.3, 0.4) is 0 Å². The third-order valence-electron chi connectivity index (χ3n) is 5.77. The van der Waals surface area contributed by atoms with Crippen LogP contribution in [0.4, 0.5) is 11.4 Å². The SMILES string of the molecule is CCNC(=O)C#Cc1ccc2c(c1)NC/C2=C(\Nc1ccc(CN(C)C)cc1)C1=CCCC=C1. The lowest BCUT2D eigenvalue weighted by Crippen LogP contribution is -2.20. The van der Waals surface area contributed by atoms with Gasteiger partial charge in [0.1, 0.15) is 0 Å². The zero-order valence-electron chi connectivity index (χ0n) is 20.2. The molecule has 2 aromatic rings. The van der Waals surface area contributed by atoms with Crippen LogP contribution >= 0.6 is 0 Å². The van der Waals surface area contributed by atoms with Crippen LogP contribution in [0.2, 0.25) is 0 Å². The second kappa shape index (κ2) is 10.9. The highest BCUT2D eigenvalue weighted by atomic mass is 16.1. The summed E-state index contributed by atoms with van der Waals surface area (Å²) in [5.41, 5.74) is 8.96. The molecular formula is C29H32N4O. The predicted octanol–water partition coefficient (Wildman–Crippen LogP) is 4.76. The molecule has 5 heteroatoms. The Balaban J connectivity index is 1.65. The van der Waals surface area contributed by atoms with Gasteiger partial charge >= 0.3 is 0 Å². The third-order valence-corrected chi connectivity index (χ3v) is 5.77. The van der Waals surface area contributed by atoms with Crippen LogP contribution in [0.5, 0.6) is 0 Å². The molecule has 1 aliphatic carbocycles. The molecule has 34 heavy (non-hydrogen) atoms. The fraction of sp³-hybridized carbons (Fsp3) is 0.276. The molecule has 0 atom stereocenters. The predicted molar refractivity (Wildman–Crippen MR) is 141 cm³/mol. The van der Waals surface area contributed by atoms with E-state index >= 15 is 0 Å². The number of fused-ring (bicyclic) bond motifs is 1. The molecule has 0 saturated heterocycles. The standard InChI is InChI=1S/C29H32N4O/c1-4-30-28(34)17-13-21-12-16-25-26(19-31-27(25)18-21)29(23-8-6-5-7-9-23)32-24-14-10-22(11-15-24)20-33(2)3/h6,8-12,14-16,18,31-32H,4-5,7,19-20H2,1-3H3,(H,30,34)/b29-26+. The number of hydrogen-bond acceptors (Lipinski definition) is 4. The summed E-state index contributed by atoms with van der Waals surface area (Å²) < 4.78 is 0. The van der Waals surface area contributed by atoms with Gasteiger partial charge in [-0.3, -0.25) is 4.79 Å². The van der Waals surface area contributed by atoms with Crippen LogP contribution in [-0.2, 0) is 11.3 Å². The van der Waals surface area contributed by atoms with Crippen LogP contribution in [0.25, 0.3) is 5.57 Å². The van der Waals surface area contributed by atoms with Crippen LogP contribution < -0.4 is 16.0 Å². The first kappa shape index (κ1) is 23.4. The van der Waals surface area contributed by atoms with Crippen LogP contribution in [-0.4, -0.2) is 38.0 Å². The summed E-state index contributed by atoms with van der Waals surface area (Å²) >= 11 is 0. The third kappa shape index (κ3) is 5.78. The molecule has 1 heterocycles. The first-order valence-corrected chi connectivity index (χ1v) is 11.8. The average Bonchev–Trinajstić information content (AvgIpc) is 3.26. The molecule has 0 saturated carbocycles. The zero-order valence-corrected chi connectivity index (χ0v) is 20.2. The summed E-state index contributed by atoms with van der Waals surface area (Å²) in [4.78, 5) is 13.9. The molecule has 1 amide bonds. The van der Waals surface area contributed by atoms with Gasteiger partial charge in [0.25, 0.3) is 5.91 Å². The number of carbonyl (C=O) groups excluding carboxylic acids is 1. The van der Waals surface area contributed by atoms with E-state index in [9.17, 15) is 4.79 Å². The molecule has 3 N–H and O–H groups in total. The summed E-state index contributed by atoms with van der Waals surface area (Å²) in [5, 5.41) is 9.93. The number of hydrogen-bond donors (Lipinski definition) is 3. The van der Waals surface area contributed by atoms with Gasteiger partial charge in [0, 0.05) is 53.6 Å². The Hall–Kier alpha value is -3.75. The molecule has 1 aliphatic heterocycles. The number of nitrogens with zero attached hydrogens (tertiary/aromatic N) is 1. The molecule has 0 bridgehead atoms. The van der Waals surface area contributed by atoms with Crippen molar-refractivity contribution in [2.75, 3.05) is 37.8 Å². The Morgan fingerprint density at radius 1 is 1.12 bits per heavy atom. The van der Waals surface area contributed by atoms with Gasteiger partial charge in [-0.2, -0.15) is 0 Å². The highest BCUT2D eigenvalue weighted by Gasteiger charge is 2.22. The Morgan fingerprint density at radius 3 is 2.65 bits per heavy atom. The van der Waals surface area contributed by atoms with E-state index in [1.54, 1.807) is 0 Å². The van der Waals surface area contributed by atoms with Gasteiger partial charge in [-0.15, -0.1) is 0 Å². The minimum Gasteiger partial charge on any atom is -0.380 e. The van der Waals surface area contributed by atoms with Gasteiger partial charge in [-0.05, 0) is 69.3 Å². The Morgan fingerprint density at radius 2 is 1.94 bits per heavy atom. The van der Waals surface area contributed by atoms with E-state index in [-0.39, 0.29) is 5.91 Å². The monoisotopic (exact) mass is 452 g/mol. The molecule has 0 unspecified atom stereocenters. The van der Waals surface area contributed by atoms with Crippen molar-refractivity contribution in [2.24, 2.45) is 0 Å². The van der Waals surface area contributed by atoms with Gasteiger partial charge in [0.05, 0.1) is 5.70 Å². The second-order valence-corrected chi connectivity index (χ2v) is 8.78. The van der Waals surface area contributed by atoms with E-state index in [1.165, 1.54) is 16.7 Å². The van der Waals surface area contributed by atoms with Crippen molar-refractivity contribution < 1.29 is 4.79 Å². The summed E-state index contributed by atoms with van der Waals surface area (Å²) in [6, 6.07) is 14.8. The molecule has 2 aliphatic rings. The van der Waals surface area contributed by atoms with E-state index < -0.39 is 0 Å². The van der Waals surface area contributed by atoms with E-state index in [0.29, 0.717) is 6.54 Å². The first-order valence-electron chi connectivity index (χ1n) is 11.8. The van der Waals surface area contributed by atoms with Crippen molar-refractivity contribution in [1.82, 2.24) is 10.2 Å². The van der Waals surface area contributed by atoms with Crippen molar-refractivity contribution in [3.05, 3.63) is 88.7 Å². The van der Waals surface area contributed by atoms with Crippen molar-refractivity contribution in [3.63, 3.8) is 0 Å². The van der Waals surface area contributed by atoms with Crippen LogP contribution in [0.1, 0.15) is 36.5 Å². The van der Waals surface area contributed by atoms with Gasteiger partial charge in [0.2, 0.25) is 0 Å². The fourth-order valence-electron chi connectivity index (χ4n) is 4.19. The maximum Gasteiger partial charge on any atom is 0.296 e. The lowest BCUT2D eigenvalue weighted by Gasteiger charge is -2.18. The Kier molecular flexibility index (Phi) is 7.51. The fourth-order valence-corrected chi connectivity index (χ4v) is 4.19. The zero-order chi connectivity index (χ0) is 23.9. The smallest absolute Gasteiger partial charge is 0.296 e. The number of amides is 1. The van der Waals surface area contributed by atoms with Gasteiger partial charge < -0.3 is 20.9 Å². The van der Waals surface area contributed by atoms with Gasteiger partial charge in [0.15, 0.2) is 0 Å². The van der Waals surface area contributed by atoms with E-state index in [1.807, 2.05) is 19.1 Å². The minimum absolute atomic E-state index is 0.254. The summed E-state index contributed by atoms with van der Waals surface area (Å²) in [6.45, 7) is 4.11. The lowest BCUT2D eigenvalue weighted by atomic mass is 9.96. The van der Waals surface area contributed by atoms with Gasteiger partial charge in [-0.1, -0.05) is 42.3 Å². The van der Waals surface area contributed by atoms with Crippen molar-refractivity contribution >= 4 is 22.9 Å². The first-order chi connectivity index (χ1) is 16.5. The van der Waals surface area contributed by atoms with Crippen LogP contribution in [0.15, 0.2) is 72.0 Å². The number of nitrogens with one attached hydrogen (secondary N) is 3. The Bertz CT molecular complexity index is 1210. The summed E-state index contributed by atoms with van der Waals surface area (Å²) in [7, 11) is 4.16. The molecule has 0 spiro atoms. The topological polar surface area (TPSA) is 56.4 Å². The molecule has 174 valence electrons. The molecule has 2 aromatic carbocycles. The average molecular weight is 453 g/mol. The summed E-state index contributed by atoms with van der Waals surface area (Å²) in [5.74, 6) is 5.36. The number of benzene rings is 2. The molecule has 0 fully saturated rings. The highest BCUT2D eigenvalue weighted by molar-refractivity contribution is 5.94. The highest BCUT2D eigenvalue weighted by Crippen LogP contribution is 2.37. The molecule has 4 rings (SSSR count). The number of carbonyl (C=O) groups is 1. The number of allylic oxidation sites excluding steroid dienone is 3. The van der Waals surface area contributed by atoms with Crippen molar-refractivity contribution in [3.8, 4) is 11.8 Å². The number of anilines is 2. The van der Waals surface area contributed by atoms with Crippen molar-refractivity contribution in [2.45, 2.75) is 26.3 Å². The van der Waals surface area contributed by atoms with E-state index in [2.05, 4.69) is 95.3 Å². The van der Waals surface area contributed by atoms with E-state index in [4.69, 9.17) is 0 Å². The Labute approximate surface area is 202 Å². The van der Waals surface area contributed by atoms with Crippen LogP contribution in [0, 0.1) is 11.8 Å². The maximum atomic E-state index is 11.7. The van der Waals surface area contributed by atoms with Gasteiger partial charge in [-0.25, -0.2) is 0 Å². The number of rotatable bonds is 6. The lowest BCUT2D eigenvalue weighted by molar-refractivity contribution is -0.115. The molecular weight excluding hydrogens is 420 g/mol. The minimum atomic E-state index is -0.254. The largest absolute Gasteiger partial charge is 0.380 e. The maximum absolute atomic E-state index is 11.7. The molecule has 5 nitrogen and oxygen atoms in total. The summed E-state index contributed by atoms with van der Waals surface area (Å²) in [6.07, 6.45) is 8.87. The molecule has 0 radical (unpaired) electrons.